The molecule has 0 spiro atoms. The number of aromatic nitrogens is 2. The van der Waals surface area contributed by atoms with Crippen molar-refractivity contribution in [3.8, 4) is 11.4 Å². The van der Waals surface area contributed by atoms with Gasteiger partial charge in [0.1, 0.15) is 11.6 Å². The SMILES string of the molecule is Fc1ccc(C(c2ccc(F)cc2)N2CCN(Cc3nc(-c4ccsc4)no3)CC2)cc1. The van der Waals surface area contributed by atoms with E-state index in [1.54, 1.807) is 35.6 Å². The van der Waals surface area contributed by atoms with Crippen molar-refractivity contribution in [2.24, 2.45) is 0 Å². The molecule has 0 aliphatic carbocycles. The van der Waals surface area contributed by atoms with Crippen molar-refractivity contribution < 1.29 is 13.3 Å². The van der Waals surface area contributed by atoms with Gasteiger partial charge in [-0.25, -0.2) is 8.78 Å². The first-order valence-electron chi connectivity index (χ1n) is 10.5. The van der Waals surface area contributed by atoms with Crippen molar-refractivity contribution in [3.63, 3.8) is 0 Å². The molecule has 0 N–H and O–H groups in total. The van der Waals surface area contributed by atoms with Crippen LogP contribution in [0.2, 0.25) is 0 Å². The Labute approximate surface area is 188 Å². The Hall–Kier alpha value is -2.94. The van der Waals surface area contributed by atoms with Crippen LogP contribution in [0.15, 0.2) is 69.9 Å². The summed E-state index contributed by atoms with van der Waals surface area (Å²) in [4.78, 5) is 9.15. The zero-order valence-corrected chi connectivity index (χ0v) is 18.1. The predicted molar refractivity (Wildman–Crippen MR) is 119 cm³/mol. The van der Waals surface area contributed by atoms with Gasteiger partial charge < -0.3 is 4.52 Å². The molecular weight excluding hydrogens is 430 g/mol. The third kappa shape index (κ3) is 4.62. The van der Waals surface area contributed by atoms with Crippen LogP contribution >= 0.6 is 11.3 Å². The summed E-state index contributed by atoms with van der Waals surface area (Å²) in [6.07, 6.45) is 0. The summed E-state index contributed by atoms with van der Waals surface area (Å²) in [5, 5.41) is 8.07. The maximum absolute atomic E-state index is 13.5. The number of thiophene rings is 1. The molecule has 1 aliphatic heterocycles. The van der Waals surface area contributed by atoms with Gasteiger partial charge in [0.05, 0.1) is 12.6 Å². The lowest BCUT2D eigenvalue weighted by molar-refractivity contribution is 0.0966. The zero-order valence-electron chi connectivity index (χ0n) is 17.3. The summed E-state index contributed by atoms with van der Waals surface area (Å²) < 4.78 is 32.5. The first kappa shape index (κ1) is 20.9. The lowest BCUT2D eigenvalue weighted by atomic mass is 9.96. The molecule has 5 rings (SSSR count). The van der Waals surface area contributed by atoms with E-state index in [-0.39, 0.29) is 17.7 Å². The van der Waals surface area contributed by atoms with Gasteiger partial charge in [0.15, 0.2) is 0 Å². The fraction of sp³-hybridized carbons (Fsp3) is 0.250. The van der Waals surface area contributed by atoms with E-state index in [2.05, 4.69) is 19.9 Å². The lowest BCUT2D eigenvalue weighted by Crippen LogP contribution is -2.47. The largest absolute Gasteiger partial charge is 0.338 e. The monoisotopic (exact) mass is 452 g/mol. The first-order chi connectivity index (χ1) is 15.7. The summed E-state index contributed by atoms with van der Waals surface area (Å²) >= 11 is 1.60. The van der Waals surface area contributed by atoms with Crippen molar-refractivity contribution >= 4 is 11.3 Å². The number of rotatable bonds is 6. The number of benzene rings is 2. The number of halogens is 2. The highest BCUT2D eigenvalue weighted by Gasteiger charge is 2.27. The first-order valence-corrected chi connectivity index (χ1v) is 11.4. The molecule has 2 aromatic heterocycles. The van der Waals surface area contributed by atoms with Crippen LogP contribution in [-0.4, -0.2) is 46.1 Å². The van der Waals surface area contributed by atoms with Crippen molar-refractivity contribution in [2.45, 2.75) is 12.6 Å². The van der Waals surface area contributed by atoms with Gasteiger partial charge >= 0.3 is 0 Å². The van der Waals surface area contributed by atoms with E-state index >= 15 is 0 Å². The minimum absolute atomic E-state index is 0.0630. The van der Waals surface area contributed by atoms with Crippen LogP contribution in [0.5, 0.6) is 0 Å². The molecule has 0 saturated carbocycles. The second-order valence-corrected chi connectivity index (χ2v) is 8.62. The molecule has 5 nitrogen and oxygen atoms in total. The topological polar surface area (TPSA) is 45.4 Å². The molecule has 32 heavy (non-hydrogen) atoms. The molecule has 1 saturated heterocycles. The molecule has 0 amide bonds. The summed E-state index contributed by atoms with van der Waals surface area (Å²) in [5.41, 5.74) is 2.95. The summed E-state index contributed by atoms with van der Waals surface area (Å²) in [7, 11) is 0. The highest BCUT2D eigenvalue weighted by atomic mass is 32.1. The van der Waals surface area contributed by atoms with Crippen molar-refractivity contribution in [3.05, 3.63) is 94.0 Å². The highest BCUT2D eigenvalue weighted by molar-refractivity contribution is 7.08. The Morgan fingerprint density at radius 1 is 0.875 bits per heavy atom. The van der Waals surface area contributed by atoms with Crippen LogP contribution in [0.4, 0.5) is 8.78 Å². The fourth-order valence-corrected chi connectivity index (χ4v) is 4.74. The minimum Gasteiger partial charge on any atom is -0.338 e. The van der Waals surface area contributed by atoms with Crippen LogP contribution in [0.3, 0.4) is 0 Å². The van der Waals surface area contributed by atoms with E-state index in [4.69, 9.17) is 4.52 Å². The Bertz CT molecular complexity index is 1090. The van der Waals surface area contributed by atoms with Crippen molar-refractivity contribution in [1.29, 1.82) is 0 Å². The highest BCUT2D eigenvalue weighted by Crippen LogP contribution is 2.30. The molecule has 1 fully saturated rings. The number of piperazine rings is 1. The molecule has 3 heterocycles. The summed E-state index contributed by atoms with van der Waals surface area (Å²) in [5.74, 6) is 0.691. The number of hydrogen-bond donors (Lipinski definition) is 0. The fourth-order valence-electron chi connectivity index (χ4n) is 4.10. The average molecular weight is 453 g/mol. The van der Waals surface area contributed by atoms with Crippen LogP contribution in [0.1, 0.15) is 23.1 Å². The molecule has 2 aromatic carbocycles. The van der Waals surface area contributed by atoms with Crippen molar-refractivity contribution in [1.82, 2.24) is 19.9 Å². The smallest absolute Gasteiger partial charge is 0.241 e. The van der Waals surface area contributed by atoms with Gasteiger partial charge in [-0.05, 0) is 46.8 Å². The molecule has 4 aromatic rings. The van der Waals surface area contributed by atoms with Gasteiger partial charge in [0.25, 0.3) is 0 Å². The lowest BCUT2D eigenvalue weighted by Gasteiger charge is -2.39. The Morgan fingerprint density at radius 2 is 1.50 bits per heavy atom. The van der Waals surface area contributed by atoms with E-state index in [0.29, 0.717) is 18.3 Å². The average Bonchev–Trinajstić information content (AvgIpc) is 3.50. The van der Waals surface area contributed by atoms with Gasteiger partial charge in [-0.15, -0.1) is 0 Å². The standard InChI is InChI=1S/C24H22F2N4OS/c25-20-5-1-17(2-6-20)23(18-3-7-21(26)8-4-18)30-12-10-29(11-13-30)15-22-27-24(28-31-22)19-9-14-32-16-19/h1-9,14,16,23H,10-13,15H2. The quantitative estimate of drug-likeness (QED) is 0.413. The maximum Gasteiger partial charge on any atom is 0.241 e. The molecule has 164 valence electrons. The summed E-state index contributed by atoms with van der Waals surface area (Å²) in [6.45, 7) is 3.88. The molecular formula is C24H22F2N4OS. The van der Waals surface area contributed by atoms with Gasteiger partial charge in [-0.2, -0.15) is 16.3 Å². The molecule has 0 unspecified atom stereocenters. The third-order valence-electron chi connectivity index (χ3n) is 5.75. The molecule has 0 atom stereocenters. The van der Waals surface area contributed by atoms with Gasteiger partial charge in [0.2, 0.25) is 11.7 Å². The Morgan fingerprint density at radius 3 is 2.06 bits per heavy atom. The third-order valence-corrected chi connectivity index (χ3v) is 6.43. The summed E-state index contributed by atoms with van der Waals surface area (Å²) in [6, 6.07) is 15.0. The van der Waals surface area contributed by atoms with Gasteiger partial charge in [-0.1, -0.05) is 29.4 Å². The Kier molecular flexibility index (Phi) is 6.07. The van der Waals surface area contributed by atoms with Crippen LogP contribution in [-0.2, 0) is 6.54 Å². The molecule has 1 aliphatic rings. The molecule has 0 radical (unpaired) electrons. The van der Waals surface area contributed by atoms with Crippen LogP contribution < -0.4 is 0 Å². The van der Waals surface area contributed by atoms with Crippen LogP contribution in [0.25, 0.3) is 11.4 Å². The normalized spacial score (nSPS) is 15.5. The Balaban J connectivity index is 1.28. The predicted octanol–water partition coefficient (Wildman–Crippen LogP) is 4.98. The van der Waals surface area contributed by atoms with E-state index in [1.165, 1.54) is 24.3 Å². The maximum atomic E-state index is 13.5. The van der Waals surface area contributed by atoms with E-state index in [0.717, 1.165) is 42.9 Å². The molecule has 8 heteroatoms. The van der Waals surface area contributed by atoms with Gasteiger partial charge in [0, 0.05) is 37.1 Å². The van der Waals surface area contributed by atoms with E-state index in [1.807, 2.05) is 16.8 Å². The van der Waals surface area contributed by atoms with E-state index in [9.17, 15) is 8.78 Å². The van der Waals surface area contributed by atoms with Crippen LogP contribution in [0, 0.1) is 11.6 Å². The molecule has 0 bridgehead atoms. The second-order valence-electron chi connectivity index (χ2n) is 7.84. The minimum atomic E-state index is -0.266. The second kappa shape index (κ2) is 9.28. The zero-order chi connectivity index (χ0) is 21.9. The van der Waals surface area contributed by atoms with E-state index < -0.39 is 0 Å². The van der Waals surface area contributed by atoms with Gasteiger partial charge in [-0.3, -0.25) is 9.80 Å². The number of hydrogen-bond acceptors (Lipinski definition) is 6. The van der Waals surface area contributed by atoms with Crippen molar-refractivity contribution in [2.75, 3.05) is 26.2 Å². The number of nitrogens with zero attached hydrogens (tertiary/aromatic N) is 4.